The van der Waals surface area contributed by atoms with Crippen molar-refractivity contribution in [3.63, 3.8) is 0 Å². The minimum absolute atomic E-state index is 0.143. The number of nitrogens with zero attached hydrogens (tertiary/aromatic N) is 1. The zero-order valence-corrected chi connectivity index (χ0v) is 21.8. The van der Waals surface area contributed by atoms with E-state index in [4.69, 9.17) is 9.47 Å². The molecule has 1 aromatic heterocycles. The quantitative estimate of drug-likeness (QED) is 0.256. The van der Waals surface area contributed by atoms with Gasteiger partial charge in [-0.1, -0.05) is 15.9 Å². The number of fused-ring (bicyclic) bond motifs is 1. The molecule has 0 saturated carbocycles. The maximum absolute atomic E-state index is 13.2. The van der Waals surface area contributed by atoms with Crippen molar-refractivity contribution in [2.75, 3.05) is 29.3 Å². The van der Waals surface area contributed by atoms with E-state index in [1.54, 1.807) is 66.7 Å². The summed E-state index contributed by atoms with van der Waals surface area (Å²) in [5.41, 5.74) is 4.20. The van der Waals surface area contributed by atoms with Crippen molar-refractivity contribution in [3.05, 3.63) is 83.0 Å². The van der Waals surface area contributed by atoms with Crippen molar-refractivity contribution >= 4 is 55.9 Å². The first-order valence-electron chi connectivity index (χ1n) is 11.6. The summed E-state index contributed by atoms with van der Waals surface area (Å²) in [6.07, 6.45) is 0. The Balaban J connectivity index is 1.55. The predicted octanol–water partition coefficient (Wildman–Crippen LogP) is 5.16. The molecule has 1 heterocycles. The van der Waals surface area contributed by atoms with E-state index in [1.165, 1.54) is 4.68 Å². The minimum Gasteiger partial charge on any atom is -0.494 e. The van der Waals surface area contributed by atoms with Crippen LogP contribution in [0.25, 0.3) is 10.9 Å². The normalized spacial score (nSPS) is 10.6. The Morgan fingerprint density at radius 2 is 1.32 bits per heavy atom. The number of halogens is 1. The first-order chi connectivity index (χ1) is 17.9. The number of benzene rings is 3. The summed E-state index contributed by atoms with van der Waals surface area (Å²) in [5, 5.41) is 6.05. The number of hydrogen-bond donors (Lipinski definition) is 3. The molecule has 0 unspecified atom stereocenters. The Kier molecular flexibility index (Phi) is 8.09. The summed E-state index contributed by atoms with van der Waals surface area (Å²) in [5.74, 6) is -0.961. The number of nitrogens with one attached hydrogen (secondary N) is 3. The fourth-order valence-electron chi connectivity index (χ4n) is 3.61. The van der Waals surface area contributed by atoms with E-state index >= 15 is 0 Å². The Morgan fingerprint density at radius 3 is 1.89 bits per heavy atom. The van der Waals surface area contributed by atoms with Crippen LogP contribution in [0, 0.1) is 0 Å². The molecule has 3 aromatic carbocycles. The van der Waals surface area contributed by atoms with Crippen LogP contribution < -0.4 is 25.5 Å². The average molecular weight is 565 g/mol. The van der Waals surface area contributed by atoms with E-state index in [0.29, 0.717) is 47.0 Å². The third-order valence-electron chi connectivity index (χ3n) is 5.26. The van der Waals surface area contributed by atoms with Crippen LogP contribution in [0.3, 0.4) is 0 Å². The molecule has 4 aromatic rings. The third kappa shape index (κ3) is 6.28. The molecule has 0 fully saturated rings. The van der Waals surface area contributed by atoms with Crippen molar-refractivity contribution in [1.29, 1.82) is 0 Å². The molecule has 0 atom stereocenters. The van der Waals surface area contributed by atoms with E-state index in [-0.39, 0.29) is 5.69 Å². The minimum atomic E-state index is -0.940. The van der Waals surface area contributed by atoms with Crippen LogP contribution in [0.4, 0.5) is 11.4 Å². The number of rotatable bonds is 8. The second-order valence-corrected chi connectivity index (χ2v) is 8.75. The van der Waals surface area contributed by atoms with E-state index in [0.717, 1.165) is 4.47 Å². The molecule has 4 rings (SSSR count). The lowest BCUT2D eigenvalue weighted by atomic mass is 10.2. The smallest absolute Gasteiger partial charge is 0.328 e. The van der Waals surface area contributed by atoms with Gasteiger partial charge in [-0.3, -0.25) is 19.8 Å². The van der Waals surface area contributed by atoms with Gasteiger partial charge in [-0.25, -0.2) is 4.68 Å². The molecule has 0 aliphatic carbocycles. The summed E-state index contributed by atoms with van der Waals surface area (Å²) in [6.45, 7) is 4.81. The molecular formula is C27H25BrN4O5. The van der Waals surface area contributed by atoms with E-state index in [2.05, 4.69) is 32.0 Å². The molecule has 3 N–H and O–H groups in total. The summed E-state index contributed by atoms with van der Waals surface area (Å²) < 4.78 is 12.9. The molecule has 3 amide bonds. The molecular weight excluding hydrogens is 540 g/mol. The lowest BCUT2D eigenvalue weighted by Crippen LogP contribution is -2.36. The number of ether oxygens (including phenoxy) is 2. The van der Waals surface area contributed by atoms with Gasteiger partial charge in [-0.2, -0.15) is 0 Å². The molecule has 37 heavy (non-hydrogen) atoms. The topological polar surface area (TPSA) is 111 Å². The summed E-state index contributed by atoms with van der Waals surface area (Å²) in [4.78, 5) is 38.6. The Morgan fingerprint density at radius 1 is 0.757 bits per heavy atom. The highest BCUT2D eigenvalue weighted by molar-refractivity contribution is 9.10. The molecule has 0 bridgehead atoms. The van der Waals surface area contributed by atoms with Crippen molar-refractivity contribution in [2.45, 2.75) is 13.8 Å². The van der Waals surface area contributed by atoms with Gasteiger partial charge in [0.1, 0.15) is 17.2 Å². The first kappa shape index (κ1) is 25.8. The third-order valence-corrected chi connectivity index (χ3v) is 5.76. The van der Waals surface area contributed by atoms with Gasteiger partial charge in [0.05, 0.1) is 18.7 Å². The lowest BCUT2D eigenvalue weighted by Gasteiger charge is -2.13. The first-order valence-corrected chi connectivity index (χ1v) is 12.4. The Labute approximate surface area is 221 Å². The second-order valence-electron chi connectivity index (χ2n) is 7.83. The molecule has 0 aliphatic heterocycles. The summed E-state index contributed by atoms with van der Waals surface area (Å²) >= 11 is 3.42. The van der Waals surface area contributed by atoms with Crippen LogP contribution in [-0.4, -0.2) is 35.6 Å². The van der Waals surface area contributed by atoms with Crippen LogP contribution in [0.5, 0.6) is 11.5 Å². The lowest BCUT2D eigenvalue weighted by molar-refractivity contribution is -0.133. The monoisotopic (exact) mass is 564 g/mol. The Bertz CT molecular complexity index is 1430. The number of amides is 3. The fourth-order valence-corrected chi connectivity index (χ4v) is 3.99. The molecule has 190 valence electrons. The van der Waals surface area contributed by atoms with Crippen molar-refractivity contribution in [1.82, 2.24) is 4.68 Å². The van der Waals surface area contributed by atoms with Gasteiger partial charge in [0.25, 0.3) is 5.91 Å². The highest BCUT2D eigenvalue weighted by Gasteiger charge is 2.21. The summed E-state index contributed by atoms with van der Waals surface area (Å²) in [7, 11) is 0. The van der Waals surface area contributed by atoms with E-state index < -0.39 is 17.7 Å². The van der Waals surface area contributed by atoms with Crippen LogP contribution in [-0.2, 0) is 9.59 Å². The van der Waals surface area contributed by atoms with Gasteiger partial charge >= 0.3 is 11.8 Å². The molecule has 9 nitrogen and oxygen atoms in total. The van der Waals surface area contributed by atoms with Gasteiger partial charge in [-0.15, -0.1) is 0 Å². The molecule has 0 radical (unpaired) electrons. The number of anilines is 2. The van der Waals surface area contributed by atoms with Crippen LogP contribution in [0.1, 0.15) is 24.3 Å². The maximum Gasteiger partial charge on any atom is 0.328 e. The highest BCUT2D eigenvalue weighted by atomic mass is 79.9. The molecule has 0 spiro atoms. The van der Waals surface area contributed by atoms with E-state index in [1.807, 2.05) is 19.9 Å². The van der Waals surface area contributed by atoms with Gasteiger partial charge in [0, 0.05) is 21.2 Å². The molecule has 0 saturated heterocycles. The maximum atomic E-state index is 13.2. The number of carbonyl (C=O) groups is 3. The summed E-state index contributed by atoms with van der Waals surface area (Å²) in [6, 6.07) is 20.5. The predicted molar refractivity (Wildman–Crippen MR) is 146 cm³/mol. The van der Waals surface area contributed by atoms with Gasteiger partial charge in [0.2, 0.25) is 0 Å². The number of aromatic nitrogens is 1. The van der Waals surface area contributed by atoms with Crippen molar-refractivity contribution in [3.8, 4) is 11.5 Å². The molecule has 10 heteroatoms. The van der Waals surface area contributed by atoms with Crippen molar-refractivity contribution in [2.24, 2.45) is 0 Å². The standard InChI is InChI=1S/C27H25BrN4O5/c1-3-36-21-10-6-19(7-11-21)29-25(33)24-16-17-15-18(28)5-14-23(17)32(24)31-27(35)26(34)30-20-8-12-22(13-9-20)37-4-2/h5-16H,3-4H2,1-2H3,(H,29,33)(H,30,34)(H,31,35). The second kappa shape index (κ2) is 11.6. The van der Waals surface area contributed by atoms with Crippen molar-refractivity contribution < 1.29 is 23.9 Å². The highest BCUT2D eigenvalue weighted by Crippen LogP contribution is 2.24. The van der Waals surface area contributed by atoms with Gasteiger partial charge < -0.3 is 20.1 Å². The van der Waals surface area contributed by atoms with Crippen LogP contribution >= 0.6 is 15.9 Å². The fraction of sp³-hybridized carbons (Fsp3) is 0.148. The average Bonchev–Trinajstić information content (AvgIpc) is 3.24. The number of hydrogen-bond acceptors (Lipinski definition) is 5. The van der Waals surface area contributed by atoms with E-state index in [9.17, 15) is 14.4 Å². The van der Waals surface area contributed by atoms with Gasteiger partial charge in [0.15, 0.2) is 0 Å². The van der Waals surface area contributed by atoms with Crippen LogP contribution in [0.2, 0.25) is 0 Å². The zero-order valence-electron chi connectivity index (χ0n) is 20.2. The number of carbonyl (C=O) groups excluding carboxylic acids is 3. The SMILES string of the molecule is CCOc1ccc(NC(=O)C(=O)Nn2c(C(=O)Nc3ccc(OCC)cc3)cc3cc(Br)ccc32)cc1. The largest absolute Gasteiger partial charge is 0.494 e. The Hall–Kier alpha value is -4.31. The zero-order chi connectivity index (χ0) is 26.4. The molecule has 0 aliphatic rings. The van der Waals surface area contributed by atoms with Gasteiger partial charge in [-0.05, 0) is 86.6 Å². The van der Waals surface area contributed by atoms with Crippen LogP contribution in [0.15, 0.2) is 77.3 Å².